The monoisotopic (exact) mass is 291 g/mol. The molecule has 0 amide bonds. The van der Waals surface area contributed by atoms with E-state index < -0.39 is 11.6 Å². The normalized spacial score (nSPS) is 17.3. The molecule has 0 saturated heterocycles. The summed E-state index contributed by atoms with van der Waals surface area (Å²) in [6, 6.07) is 1.31. The number of halogens is 3. The molecule has 0 unspecified atom stereocenters. The lowest BCUT2D eigenvalue weighted by molar-refractivity contribution is 0.371. The number of hydrogen-bond acceptors (Lipinski definition) is 2. The van der Waals surface area contributed by atoms with Gasteiger partial charge in [-0.25, -0.2) is 8.78 Å². The summed E-state index contributed by atoms with van der Waals surface area (Å²) in [6.45, 7) is 0.379. The first-order chi connectivity index (χ1) is 7.55. The van der Waals surface area contributed by atoms with Crippen LogP contribution in [0.15, 0.2) is 10.5 Å². The minimum atomic E-state index is -0.697. The first-order valence-corrected chi connectivity index (χ1v) is 5.77. The molecule has 0 aliphatic heterocycles. The molecule has 1 aliphatic rings. The van der Waals surface area contributed by atoms with E-state index in [2.05, 4.69) is 15.9 Å². The maximum absolute atomic E-state index is 13.8. The van der Waals surface area contributed by atoms with E-state index in [9.17, 15) is 8.78 Å². The molecule has 0 radical (unpaired) electrons. The third kappa shape index (κ3) is 1.62. The number of nitrogens with two attached hydrogens (primary N) is 1. The largest absolute Gasteiger partial charge is 0.493 e. The average Bonchev–Trinajstić information content (AvgIpc) is 3.06. The molecule has 1 aromatic carbocycles. The lowest BCUT2D eigenvalue weighted by Crippen LogP contribution is -2.21. The summed E-state index contributed by atoms with van der Waals surface area (Å²) in [5.74, 6) is -1.22. The van der Waals surface area contributed by atoms with Crippen molar-refractivity contribution in [3.8, 4) is 5.75 Å². The van der Waals surface area contributed by atoms with Crippen LogP contribution in [0.25, 0.3) is 0 Å². The van der Waals surface area contributed by atoms with E-state index in [1.807, 2.05) is 0 Å². The highest BCUT2D eigenvalue weighted by Crippen LogP contribution is 2.52. The fourth-order valence-electron chi connectivity index (χ4n) is 1.91. The Labute approximate surface area is 101 Å². The third-order valence-corrected chi connectivity index (χ3v) is 3.86. The second kappa shape index (κ2) is 3.96. The number of rotatable bonds is 3. The van der Waals surface area contributed by atoms with Crippen molar-refractivity contribution in [3.63, 3.8) is 0 Å². The number of ether oxygens (including phenoxy) is 1. The lowest BCUT2D eigenvalue weighted by Gasteiger charge is -2.18. The second-order valence-corrected chi connectivity index (χ2v) is 4.84. The molecular formula is C11H12BrF2NO. The van der Waals surface area contributed by atoms with E-state index in [-0.39, 0.29) is 15.6 Å². The van der Waals surface area contributed by atoms with E-state index in [1.54, 1.807) is 0 Å². The van der Waals surface area contributed by atoms with Crippen molar-refractivity contribution in [2.75, 3.05) is 13.7 Å². The van der Waals surface area contributed by atoms with Gasteiger partial charge in [0.05, 0.1) is 11.6 Å². The first-order valence-electron chi connectivity index (χ1n) is 4.98. The van der Waals surface area contributed by atoms with Crippen molar-refractivity contribution in [1.82, 2.24) is 0 Å². The molecule has 1 aromatic rings. The van der Waals surface area contributed by atoms with Crippen LogP contribution in [-0.4, -0.2) is 13.7 Å². The van der Waals surface area contributed by atoms with Gasteiger partial charge in [0.15, 0.2) is 11.6 Å². The summed E-state index contributed by atoms with van der Waals surface area (Å²) >= 11 is 2.85. The van der Waals surface area contributed by atoms with Crippen molar-refractivity contribution in [2.24, 2.45) is 5.73 Å². The van der Waals surface area contributed by atoms with Gasteiger partial charge in [0.1, 0.15) is 5.82 Å². The molecule has 0 heterocycles. The highest BCUT2D eigenvalue weighted by atomic mass is 79.9. The number of hydrogen-bond donors (Lipinski definition) is 1. The van der Waals surface area contributed by atoms with Crippen molar-refractivity contribution in [2.45, 2.75) is 18.3 Å². The van der Waals surface area contributed by atoms with Gasteiger partial charge in [0.2, 0.25) is 0 Å². The van der Waals surface area contributed by atoms with Crippen LogP contribution >= 0.6 is 15.9 Å². The van der Waals surface area contributed by atoms with Gasteiger partial charge >= 0.3 is 0 Å². The van der Waals surface area contributed by atoms with Crippen LogP contribution in [-0.2, 0) is 5.41 Å². The van der Waals surface area contributed by atoms with Crippen LogP contribution < -0.4 is 10.5 Å². The Bertz CT molecular complexity index is 432. The van der Waals surface area contributed by atoms with Crippen molar-refractivity contribution < 1.29 is 13.5 Å². The molecule has 88 valence electrons. The van der Waals surface area contributed by atoms with Crippen LogP contribution in [0.1, 0.15) is 18.4 Å². The van der Waals surface area contributed by atoms with Gasteiger partial charge in [-0.15, -0.1) is 0 Å². The highest BCUT2D eigenvalue weighted by Gasteiger charge is 2.46. The Morgan fingerprint density at radius 3 is 2.56 bits per heavy atom. The smallest absolute Gasteiger partial charge is 0.182 e. The Morgan fingerprint density at radius 1 is 1.50 bits per heavy atom. The van der Waals surface area contributed by atoms with Gasteiger partial charge in [-0.2, -0.15) is 0 Å². The molecule has 0 atom stereocenters. The molecule has 1 aliphatic carbocycles. The minimum Gasteiger partial charge on any atom is -0.493 e. The Kier molecular flexibility index (Phi) is 2.92. The Morgan fingerprint density at radius 2 is 2.12 bits per heavy atom. The van der Waals surface area contributed by atoms with Crippen molar-refractivity contribution in [3.05, 3.63) is 27.7 Å². The van der Waals surface area contributed by atoms with Crippen LogP contribution in [0.5, 0.6) is 5.75 Å². The zero-order chi connectivity index (χ0) is 11.9. The predicted molar refractivity (Wildman–Crippen MR) is 60.6 cm³/mol. The molecule has 0 aromatic heterocycles. The molecule has 0 spiro atoms. The molecule has 1 saturated carbocycles. The number of methoxy groups -OCH3 is 1. The molecule has 0 bridgehead atoms. The van der Waals surface area contributed by atoms with Crippen LogP contribution in [0, 0.1) is 11.6 Å². The fraction of sp³-hybridized carbons (Fsp3) is 0.455. The summed E-state index contributed by atoms with van der Waals surface area (Å²) in [5.41, 5.74) is 5.89. The molecular weight excluding hydrogens is 280 g/mol. The molecule has 2 rings (SSSR count). The summed E-state index contributed by atoms with van der Waals surface area (Å²) in [5, 5.41) is 0. The maximum atomic E-state index is 13.8. The van der Waals surface area contributed by atoms with Crippen LogP contribution in [0.3, 0.4) is 0 Å². The van der Waals surface area contributed by atoms with Gasteiger partial charge in [-0.05, 0) is 34.8 Å². The lowest BCUT2D eigenvalue weighted by atomic mass is 9.95. The van der Waals surface area contributed by atoms with Crippen molar-refractivity contribution in [1.29, 1.82) is 0 Å². The van der Waals surface area contributed by atoms with E-state index in [4.69, 9.17) is 10.5 Å². The molecule has 16 heavy (non-hydrogen) atoms. The molecule has 5 heteroatoms. The summed E-state index contributed by atoms with van der Waals surface area (Å²) in [6.07, 6.45) is 1.70. The van der Waals surface area contributed by atoms with E-state index >= 15 is 0 Å². The highest BCUT2D eigenvalue weighted by molar-refractivity contribution is 9.10. The first kappa shape index (κ1) is 11.8. The second-order valence-electron chi connectivity index (χ2n) is 4.05. The summed E-state index contributed by atoms with van der Waals surface area (Å²) in [4.78, 5) is 0. The van der Waals surface area contributed by atoms with Gasteiger partial charge < -0.3 is 10.5 Å². The van der Waals surface area contributed by atoms with Gasteiger partial charge in [0, 0.05) is 17.5 Å². The zero-order valence-corrected chi connectivity index (χ0v) is 10.4. The van der Waals surface area contributed by atoms with E-state index in [0.717, 1.165) is 12.8 Å². The quantitative estimate of drug-likeness (QED) is 0.869. The van der Waals surface area contributed by atoms with Gasteiger partial charge in [-0.3, -0.25) is 0 Å². The van der Waals surface area contributed by atoms with Gasteiger partial charge in [-0.1, -0.05) is 0 Å². The molecule has 2 nitrogen and oxygen atoms in total. The van der Waals surface area contributed by atoms with E-state index in [1.165, 1.54) is 13.2 Å². The van der Waals surface area contributed by atoms with E-state index in [0.29, 0.717) is 12.1 Å². The third-order valence-electron chi connectivity index (χ3n) is 3.14. The zero-order valence-electron chi connectivity index (χ0n) is 8.82. The molecule has 2 N–H and O–H groups in total. The minimum absolute atomic E-state index is 0.0937. The van der Waals surface area contributed by atoms with Crippen molar-refractivity contribution >= 4 is 15.9 Å². The van der Waals surface area contributed by atoms with Gasteiger partial charge in [0.25, 0.3) is 0 Å². The average molecular weight is 292 g/mol. The fourth-order valence-corrected chi connectivity index (χ4v) is 2.20. The topological polar surface area (TPSA) is 35.2 Å². The SMILES string of the molecule is COc1c(C2(CN)CC2)cc(F)c(Br)c1F. The Balaban J connectivity index is 2.61. The maximum Gasteiger partial charge on any atom is 0.182 e. The summed E-state index contributed by atoms with van der Waals surface area (Å²) < 4.78 is 32.1. The standard InChI is InChI=1S/C11H12BrF2NO/c1-16-10-6(11(5-15)2-3-11)4-7(13)8(12)9(10)14/h4H,2-3,5,15H2,1H3. The Hall–Kier alpha value is -0.680. The van der Waals surface area contributed by atoms with Crippen LogP contribution in [0.2, 0.25) is 0 Å². The molecule has 1 fully saturated rings. The predicted octanol–water partition coefficient (Wildman–Crippen LogP) is 2.73. The van der Waals surface area contributed by atoms with Crippen LogP contribution in [0.4, 0.5) is 8.78 Å². The summed E-state index contributed by atoms with van der Waals surface area (Å²) in [7, 11) is 1.37. The number of benzene rings is 1.